The fraction of sp³-hybridized carbons (Fsp3) is 0.700. The van der Waals surface area contributed by atoms with Gasteiger partial charge in [0, 0.05) is 18.3 Å². The van der Waals surface area contributed by atoms with Crippen LogP contribution in [0, 0.1) is 28.6 Å². The molecule has 0 aromatic heterocycles. The van der Waals surface area contributed by atoms with E-state index >= 15 is 0 Å². The minimum Gasteiger partial charge on any atom is -0.382 e. The molecular weight excluding hydrogens is 424 g/mol. The number of ether oxygens (including phenoxy) is 1. The van der Waals surface area contributed by atoms with Crippen LogP contribution in [-0.4, -0.2) is 27.4 Å². The molecule has 4 aliphatic carbocycles. The van der Waals surface area contributed by atoms with Gasteiger partial charge in [0.25, 0.3) is 0 Å². The number of fused-ring (bicyclic) bond motifs is 5. The normalized spacial score (nSPS) is 43.5. The number of Topliss-reactive ketones (excluding diaryl/α,β-unsaturated/α-hetero) is 1. The second-order valence-electron chi connectivity index (χ2n) is 12.3. The first-order valence-corrected chi connectivity index (χ1v) is 13.4. The first kappa shape index (κ1) is 24.2. The van der Waals surface area contributed by atoms with E-state index in [1.54, 1.807) is 6.92 Å². The quantitative estimate of drug-likeness (QED) is 0.429. The van der Waals surface area contributed by atoms with Gasteiger partial charge >= 0.3 is 0 Å². The molecule has 4 heteroatoms. The number of aryl methyl sites for hydroxylation is 1. The predicted octanol–water partition coefficient (Wildman–Crippen LogP) is 5.74. The Labute approximate surface area is 204 Å². The molecule has 5 rings (SSSR count). The smallest absolute Gasteiger partial charge is 0.169 e. The van der Waals surface area contributed by atoms with Crippen molar-refractivity contribution in [1.29, 1.82) is 0 Å². The Kier molecular flexibility index (Phi) is 5.90. The molecular formula is C30H42O4. The summed E-state index contributed by atoms with van der Waals surface area (Å²) >= 11 is 0. The number of rotatable bonds is 5. The van der Waals surface area contributed by atoms with E-state index in [0.717, 1.165) is 44.1 Å². The Morgan fingerprint density at radius 1 is 1.00 bits per heavy atom. The second kappa shape index (κ2) is 8.28. The van der Waals surface area contributed by atoms with Crippen LogP contribution in [0.1, 0.15) is 90.2 Å². The van der Waals surface area contributed by atoms with Crippen LogP contribution in [0.2, 0.25) is 0 Å². The lowest BCUT2D eigenvalue weighted by atomic mass is 9.46. The first-order chi connectivity index (χ1) is 16.0. The van der Waals surface area contributed by atoms with Gasteiger partial charge in [-0.15, -0.1) is 0 Å². The minimum absolute atomic E-state index is 0.0570. The average Bonchev–Trinajstić information content (AvgIpc) is 3.11. The van der Waals surface area contributed by atoms with Crippen molar-refractivity contribution in [3.05, 3.63) is 47.0 Å². The third kappa shape index (κ3) is 3.55. The van der Waals surface area contributed by atoms with Crippen molar-refractivity contribution in [2.24, 2.45) is 28.6 Å². The van der Waals surface area contributed by atoms with E-state index in [1.807, 2.05) is 0 Å². The Balaban J connectivity index is 1.32. The van der Waals surface area contributed by atoms with Crippen LogP contribution in [0.25, 0.3) is 0 Å². The highest BCUT2D eigenvalue weighted by molar-refractivity contribution is 5.86. The number of carbonyl (C=O) groups is 1. The van der Waals surface area contributed by atoms with Gasteiger partial charge in [-0.3, -0.25) is 4.79 Å². The van der Waals surface area contributed by atoms with Crippen molar-refractivity contribution in [3.63, 3.8) is 0 Å². The topological polar surface area (TPSA) is 66.8 Å². The maximum absolute atomic E-state index is 12.4. The molecule has 4 nitrogen and oxygen atoms in total. The molecule has 1 aromatic rings. The van der Waals surface area contributed by atoms with E-state index in [-0.39, 0.29) is 16.6 Å². The van der Waals surface area contributed by atoms with Crippen molar-refractivity contribution in [1.82, 2.24) is 0 Å². The van der Waals surface area contributed by atoms with Gasteiger partial charge in [0.2, 0.25) is 0 Å². The first-order valence-electron chi connectivity index (χ1n) is 13.4. The summed E-state index contributed by atoms with van der Waals surface area (Å²) in [5, 5.41) is 22.7. The van der Waals surface area contributed by atoms with Crippen molar-refractivity contribution >= 4 is 5.78 Å². The second-order valence-corrected chi connectivity index (χ2v) is 12.3. The molecule has 1 aromatic carbocycles. The summed E-state index contributed by atoms with van der Waals surface area (Å²) in [6.07, 6.45) is 10.0. The zero-order valence-electron chi connectivity index (χ0n) is 21.4. The van der Waals surface area contributed by atoms with Gasteiger partial charge in [-0.05, 0) is 86.2 Å². The molecule has 7 unspecified atom stereocenters. The van der Waals surface area contributed by atoms with Crippen molar-refractivity contribution < 1.29 is 19.7 Å². The largest absolute Gasteiger partial charge is 0.382 e. The zero-order chi connectivity index (χ0) is 24.4. The number of benzene rings is 1. The maximum Gasteiger partial charge on any atom is 0.169 e. The predicted molar refractivity (Wildman–Crippen MR) is 133 cm³/mol. The van der Waals surface area contributed by atoms with E-state index in [0.29, 0.717) is 43.6 Å². The number of ketones is 1. The molecule has 2 N–H and O–H groups in total. The lowest BCUT2D eigenvalue weighted by molar-refractivity contribution is -0.232. The molecule has 34 heavy (non-hydrogen) atoms. The summed E-state index contributed by atoms with van der Waals surface area (Å²) < 4.78 is 6.14. The summed E-state index contributed by atoms with van der Waals surface area (Å²) in [5.41, 5.74) is 2.36. The molecule has 3 saturated carbocycles. The van der Waals surface area contributed by atoms with Crippen LogP contribution in [-0.2, 0) is 22.6 Å². The van der Waals surface area contributed by atoms with Gasteiger partial charge in [-0.25, -0.2) is 0 Å². The Bertz CT molecular complexity index is 982. The van der Waals surface area contributed by atoms with Crippen molar-refractivity contribution in [2.45, 2.75) is 103 Å². The lowest BCUT2D eigenvalue weighted by Gasteiger charge is -2.59. The molecule has 186 valence electrons. The number of allylic oxidation sites excluding steroid dienone is 1. The summed E-state index contributed by atoms with van der Waals surface area (Å²) in [7, 11) is 0. The molecule has 0 heterocycles. The third-order valence-corrected chi connectivity index (χ3v) is 10.8. The maximum atomic E-state index is 12.4. The lowest BCUT2D eigenvalue weighted by Crippen LogP contribution is -2.57. The SMILES string of the molecule is CCc1ccc(COC2(O)CCC3(C)C(=CCC4C3CCC3(C)C4CCC3(O)C(C)=O)C2)cc1. The van der Waals surface area contributed by atoms with Gasteiger partial charge in [0.05, 0.1) is 6.61 Å². The van der Waals surface area contributed by atoms with Gasteiger partial charge in [0.1, 0.15) is 5.60 Å². The molecule has 4 aliphatic rings. The summed E-state index contributed by atoms with van der Waals surface area (Å²) in [4.78, 5) is 12.4. The zero-order valence-corrected chi connectivity index (χ0v) is 21.4. The van der Waals surface area contributed by atoms with E-state index in [9.17, 15) is 15.0 Å². The summed E-state index contributed by atoms with van der Waals surface area (Å²) in [5.74, 6) is 0.278. The molecule has 0 amide bonds. The van der Waals surface area contributed by atoms with E-state index < -0.39 is 11.4 Å². The summed E-state index contributed by atoms with van der Waals surface area (Å²) in [6.45, 7) is 8.72. The number of hydrogen-bond acceptors (Lipinski definition) is 4. The summed E-state index contributed by atoms with van der Waals surface area (Å²) in [6, 6.07) is 8.47. The molecule has 0 aliphatic heterocycles. The van der Waals surface area contributed by atoms with Crippen LogP contribution >= 0.6 is 0 Å². The molecule has 0 saturated heterocycles. The van der Waals surface area contributed by atoms with Crippen LogP contribution in [0.3, 0.4) is 0 Å². The third-order valence-electron chi connectivity index (χ3n) is 10.8. The highest BCUT2D eigenvalue weighted by Gasteiger charge is 2.65. The van der Waals surface area contributed by atoms with Gasteiger partial charge in [-0.1, -0.05) is 56.7 Å². The van der Waals surface area contributed by atoms with Crippen LogP contribution in [0.4, 0.5) is 0 Å². The van der Waals surface area contributed by atoms with E-state index in [1.165, 1.54) is 11.1 Å². The highest BCUT2D eigenvalue weighted by atomic mass is 16.6. The van der Waals surface area contributed by atoms with Crippen molar-refractivity contribution in [3.8, 4) is 0 Å². The molecule has 0 radical (unpaired) electrons. The highest BCUT2D eigenvalue weighted by Crippen LogP contribution is 2.67. The van der Waals surface area contributed by atoms with Crippen molar-refractivity contribution in [2.75, 3.05) is 0 Å². The standard InChI is InChI=1S/C30H42O4/c1-5-21-6-8-22(9-7-21)19-34-29(32)17-16-27(3)23(18-29)10-11-24-25(27)12-14-28(4)26(24)13-15-30(28,33)20(2)31/h6-10,24-26,32-33H,5,11-19H2,1-4H3. The van der Waals surface area contributed by atoms with Gasteiger partial charge in [0.15, 0.2) is 11.6 Å². The Hall–Kier alpha value is -1.49. The Morgan fingerprint density at radius 3 is 2.35 bits per heavy atom. The van der Waals surface area contributed by atoms with Gasteiger partial charge < -0.3 is 14.9 Å². The number of carbonyl (C=O) groups excluding carboxylic acids is 1. The van der Waals surface area contributed by atoms with Gasteiger partial charge in [-0.2, -0.15) is 0 Å². The van der Waals surface area contributed by atoms with E-state index in [2.05, 4.69) is 51.1 Å². The minimum atomic E-state index is -1.16. The monoisotopic (exact) mass is 466 g/mol. The molecule has 0 bridgehead atoms. The van der Waals surface area contributed by atoms with E-state index in [4.69, 9.17) is 4.74 Å². The number of hydrogen-bond donors (Lipinski definition) is 2. The molecule has 3 fully saturated rings. The molecule has 7 atom stereocenters. The van der Waals surface area contributed by atoms with Crippen LogP contribution < -0.4 is 0 Å². The Morgan fingerprint density at radius 2 is 1.68 bits per heavy atom. The fourth-order valence-electron chi connectivity index (χ4n) is 8.42. The molecule has 0 spiro atoms. The average molecular weight is 467 g/mol. The van der Waals surface area contributed by atoms with Crippen LogP contribution in [0.5, 0.6) is 0 Å². The number of aliphatic hydroxyl groups is 2. The fourth-order valence-corrected chi connectivity index (χ4v) is 8.42. The van der Waals surface area contributed by atoms with Crippen LogP contribution in [0.15, 0.2) is 35.9 Å².